The van der Waals surface area contributed by atoms with Gasteiger partial charge in [-0.15, -0.1) is 0 Å². The number of rotatable bonds is 13. The molecular weight excluding hydrogens is 414 g/mol. The first-order valence-electron chi connectivity index (χ1n) is 10.3. The van der Waals surface area contributed by atoms with Crippen LogP contribution in [0.25, 0.3) is 10.8 Å². The van der Waals surface area contributed by atoms with Crippen molar-refractivity contribution in [3.05, 3.63) is 48.0 Å². The van der Waals surface area contributed by atoms with E-state index in [1.54, 1.807) is 0 Å². The second-order valence-corrected chi connectivity index (χ2v) is 7.42. The van der Waals surface area contributed by atoms with Crippen molar-refractivity contribution in [3.63, 3.8) is 0 Å². The van der Waals surface area contributed by atoms with Crippen molar-refractivity contribution >= 4 is 34.5 Å². The summed E-state index contributed by atoms with van der Waals surface area (Å²) in [7, 11) is 0. The highest BCUT2D eigenvalue weighted by Crippen LogP contribution is 2.19. The van der Waals surface area contributed by atoms with E-state index < -0.39 is 36.3 Å². The van der Waals surface area contributed by atoms with Gasteiger partial charge < -0.3 is 27.2 Å². The maximum absolute atomic E-state index is 12.2. The maximum atomic E-state index is 12.2. The number of nitrogens with zero attached hydrogens (tertiary/aromatic N) is 1. The zero-order valence-corrected chi connectivity index (χ0v) is 17.8. The minimum absolute atomic E-state index is 0.0194. The summed E-state index contributed by atoms with van der Waals surface area (Å²) in [5.74, 6) is -2.50. The normalized spacial score (nSPS) is 11.8. The van der Waals surface area contributed by atoms with E-state index in [0.717, 1.165) is 16.3 Å². The van der Waals surface area contributed by atoms with Crippen molar-refractivity contribution in [1.82, 2.24) is 15.5 Å². The van der Waals surface area contributed by atoms with E-state index in [-0.39, 0.29) is 25.9 Å². The molecule has 10 heteroatoms. The lowest BCUT2D eigenvalue weighted by atomic mass is 10.0. The van der Waals surface area contributed by atoms with Crippen LogP contribution in [-0.2, 0) is 25.7 Å². The Balaban J connectivity index is 2.02. The molecule has 0 bridgehead atoms. The average Bonchev–Trinajstić information content (AvgIpc) is 2.76. The number of amides is 3. The number of carboxylic acid groups (broad SMARTS) is 1. The molecule has 32 heavy (non-hydrogen) atoms. The Morgan fingerprint density at radius 2 is 1.75 bits per heavy atom. The zero-order chi connectivity index (χ0) is 23.5. The molecule has 1 atom stereocenters. The Bertz CT molecular complexity index is 959. The molecule has 7 N–H and O–H groups in total. The van der Waals surface area contributed by atoms with Gasteiger partial charge in [0.25, 0.3) is 0 Å². The van der Waals surface area contributed by atoms with E-state index >= 15 is 0 Å². The second-order valence-electron chi connectivity index (χ2n) is 7.42. The van der Waals surface area contributed by atoms with Gasteiger partial charge in [-0.2, -0.15) is 0 Å². The molecule has 10 nitrogen and oxygen atoms in total. The Morgan fingerprint density at radius 3 is 2.47 bits per heavy atom. The van der Waals surface area contributed by atoms with Gasteiger partial charge in [-0.05, 0) is 22.8 Å². The third-order valence-corrected chi connectivity index (χ3v) is 4.84. The fraction of sp³-hybridized carbons (Fsp3) is 0.364. The Labute approximate surface area is 185 Å². The van der Waals surface area contributed by atoms with E-state index in [0.29, 0.717) is 13.1 Å². The van der Waals surface area contributed by atoms with E-state index in [4.69, 9.17) is 16.6 Å². The molecule has 0 saturated heterocycles. The summed E-state index contributed by atoms with van der Waals surface area (Å²) in [4.78, 5) is 47.7. The van der Waals surface area contributed by atoms with Crippen LogP contribution in [0.5, 0.6) is 0 Å². The van der Waals surface area contributed by atoms with Crippen LogP contribution in [0.3, 0.4) is 0 Å². The molecule has 0 spiro atoms. The molecule has 0 fully saturated rings. The average molecular weight is 444 g/mol. The number of carboxylic acids is 1. The first-order chi connectivity index (χ1) is 15.3. The summed E-state index contributed by atoms with van der Waals surface area (Å²) in [6.07, 6.45) is 0.171. The second kappa shape index (κ2) is 12.4. The van der Waals surface area contributed by atoms with Crippen molar-refractivity contribution in [3.8, 4) is 0 Å². The number of nitrogens with one attached hydrogen (secondary N) is 2. The number of carbonyl (C=O) groups excluding carboxylic acids is 3. The van der Waals surface area contributed by atoms with Crippen LogP contribution in [0.1, 0.15) is 18.4 Å². The van der Waals surface area contributed by atoms with Crippen LogP contribution >= 0.6 is 0 Å². The fourth-order valence-corrected chi connectivity index (χ4v) is 3.22. The molecule has 0 radical (unpaired) electrons. The smallest absolute Gasteiger partial charge is 0.322 e. The number of hydrogen-bond donors (Lipinski definition) is 5. The van der Waals surface area contributed by atoms with Gasteiger partial charge in [0, 0.05) is 26.1 Å². The third-order valence-electron chi connectivity index (χ3n) is 4.84. The molecule has 2 aromatic carbocycles. The SMILES string of the molecule is NC(=O)CCC(N)C(=O)NCCN(CC(=O)NCC(=O)O)Cc1cccc2ccccc12. The number of primary amides is 1. The standard InChI is InChI=1S/C22H29N5O5/c23-18(8-9-19(24)28)22(32)25-10-11-27(14-20(29)26-12-21(30)31)13-16-6-3-5-15-4-1-2-7-17(15)16/h1-7,18H,8-14,23H2,(H2,24,28)(H,25,32)(H,26,29)(H,30,31). The fourth-order valence-electron chi connectivity index (χ4n) is 3.22. The van der Waals surface area contributed by atoms with Gasteiger partial charge >= 0.3 is 5.97 Å². The number of benzene rings is 2. The molecule has 0 aliphatic heterocycles. The zero-order valence-electron chi connectivity index (χ0n) is 17.8. The number of aliphatic carboxylic acids is 1. The molecular formula is C22H29N5O5. The van der Waals surface area contributed by atoms with Gasteiger partial charge in [0.2, 0.25) is 17.7 Å². The lowest BCUT2D eigenvalue weighted by molar-refractivity contribution is -0.138. The van der Waals surface area contributed by atoms with E-state index in [9.17, 15) is 19.2 Å². The summed E-state index contributed by atoms with van der Waals surface area (Å²) in [5.41, 5.74) is 11.8. The first-order valence-corrected chi connectivity index (χ1v) is 10.3. The van der Waals surface area contributed by atoms with Gasteiger partial charge in [0.05, 0.1) is 12.6 Å². The summed E-state index contributed by atoms with van der Waals surface area (Å²) >= 11 is 0. The quantitative estimate of drug-likeness (QED) is 0.279. The van der Waals surface area contributed by atoms with Gasteiger partial charge in [0.15, 0.2) is 0 Å². The monoisotopic (exact) mass is 443 g/mol. The maximum Gasteiger partial charge on any atom is 0.322 e. The van der Waals surface area contributed by atoms with Crippen molar-refractivity contribution in [1.29, 1.82) is 0 Å². The highest BCUT2D eigenvalue weighted by Gasteiger charge is 2.16. The highest BCUT2D eigenvalue weighted by molar-refractivity contribution is 5.86. The molecule has 0 aliphatic carbocycles. The predicted octanol–water partition coefficient (Wildman–Crippen LogP) is -0.448. The minimum Gasteiger partial charge on any atom is -0.480 e. The minimum atomic E-state index is -1.13. The molecule has 0 saturated carbocycles. The van der Waals surface area contributed by atoms with Crippen molar-refractivity contribution < 1.29 is 24.3 Å². The van der Waals surface area contributed by atoms with Gasteiger partial charge in [-0.3, -0.25) is 24.1 Å². The van der Waals surface area contributed by atoms with Crippen molar-refractivity contribution in [2.75, 3.05) is 26.2 Å². The van der Waals surface area contributed by atoms with Crippen LogP contribution in [0, 0.1) is 0 Å². The number of carbonyl (C=O) groups is 4. The van der Waals surface area contributed by atoms with Gasteiger partial charge in [0.1, 0.15) is 6.54 Å². The number of hydrogen-bond acceptors (Lipinski definition) is 6. The summed E-state index contributed by atoms with van der Waals surface area (Å²) in [6.45, 7) is 0.468. The topological polar surface area (TPSA) is 168 Å². The van der Waals surface area contributed by atoms with Crippen LogP contribution in [-0.4, -0.2) is 65.9 Å². The lowest BCUT2D eigenvalue weighted by Gasteiger charge is -2.23. The largest absolute Gasteiger partial charge is 0.480 e. The number of fused-ring (bicyclic) bond motifs is 1. The predicted molar refractivity (Wildman–Crippen MR) is 119 cm³/mol. The number of nitrogens with two attached hydrogens (primary N) is 2. The molecule has 0 heterocycles. The molecule has 0 aliphatic rings. The van der Waals surface area contributed by atoms with Gasteiger partial charge in [-0.1, -0.05) is 42.5 Å². The molecule has 172 valence electrons. The van der Waals surface area contributed by atoms with Crippen molar-refractivity contribution in [2.45, 2.75) is 25.4 Å². The van der Waals surface area contributed by atoms with Crippen molar-refractivity contribution in [2.24, 2.45) is 11.5 Å². The Hall–Kier alpha value is -3.50. The molecule has 2 aromatic rings. The summed E-state index contributed by atoms with van der Waals surface area (Å²) in [6, 6.07) is 12.9. The third kappa shape index (κ3) is 8.32. The highest BCUT2D eigenvalue weighted by atomic mass is 16.4. The molecule has 1 unspecified atom stereocenters. The summed E-state index contributed by atoms with van der Waals surface area (Å²) < 4.78 is 0. The van der Waals surface area contributed by atoms with E-state index in [1.165, 1.54) is 0 Å². The first kappa shape index (κ1) is 24.8. The lowest BCUT2D eigenvalue weighted by Crippen LogP contribution is -2.45. The van der Waals surface area contributed by atoms with Crippen LogP contribution < -0.4 is 22.1 Å². The molecule has 2 rings (SSSR count). The van der Waals surface area contributed by atoms with Crippen LogP contribution in [0.15, 0.2) is 42.5 Å². The van der Waals surface area contributed by atoms with Crippen LogP contribution in [0.2, 0.25) is 0 Å². The molecule has 3 amide bonds. The summed E-state index contributed by atoms with van der Waals surface area (Å²) in [5, 5.41) is 15.9. The van der Waals surface area contributed by atoms with Gasteiger partial charge in [-0.25, -0.2) is 0 Å². The van der Waals surface area contributed by atoms with Crippen LogP contribution in [0.4, 0.5) is 0 Å². The van der Waals surface area contributed by atoms with E-state index in [1.807, 2.05) is 47.4 Å². The Kier molecular flexibility index (Phi) is 9.58. The Morgan fingerprint density at radius 1 is 1.03 bits per heavy atom. The van der Waals surface area contributed by atoms with E-state index in [2.05, 4.69) is 10.6 Å². The molecule has 0 aromatic heterocycles.